The Morgan fingerprint density at radius 2 is 1.88 bits per heavy atom. The van der Waals surface area contributed by atoms with E-state index in [-0.39, 0.29) is 18.2 Å². The molecule has 0 heterocycles. The van der Waals surface area contributed by atoms with Crippen LogP contribution >= 0.6 is 22.6 Å². The molecule has 3 aromatic carbocycles. The molecule has 0 saturated heterocycles. The van der Waals surface area contributed by atoms with Gasteiger partial charge in [0.05, 0.1) is 17.7 Å². The van der Waals surface area contributed by atoms with Gasteiger partial charge >= 0.3 is 0 Å². The van der Waals surface area contributed by atoms with Gasteiger partial charge in [-0.1, -0.05) is 6.07 Å². The van der Waals surface area contributed by atoms with E-state index in [1.165, 1.54) is 18.3 Å². The second-order valence-electron chi connectivity index (χ2n) is 6.56. The molecule has 1 amide bonds. The van der Waals surface area contributed by atoms with Crippen molar-refractivity contribution in [3.63, 3.8) is 0 Å². The van der Waals surface area contributed by atoms with E-state index in [1.807, 2.05) is 19.1 Å². The number of carbonyl (C=O) groups excluding carboxylic acids is 1. The molecule has 0 fully saturated rings. The van der Waals surface area contributed by atoms with Crippen molar-refractivity contribution >= 4 is 40.4 Å². The molecule has 1 N–H and O–H groups in total. The Bertz CT molecular complexity index is 1130. The van der Waals surface area contributed by atoms with E-state index in [0.717, 1.165) is 14.7 Å². The third kappa shape index (κ3) is 6.51. The summed E-state index contributed by atoms with van der Waals surface area (Å²) in [5.74, 6) is 0.764. The number of non-ortho nitro benzene ring substituents is 1. The first-order chi connectivity index (χ1) is 15.5. The van der Waals surface area contributed by atoms with Crippen molar-refractivity contribution in [2.75, 3.05) is 6.61 Å². The van der Waals surface area contributed by atoms with Gasteiger partial charge in [-0.25, -0.2) is 5.43 Å². The Hall–Kier alpha value is -3.47. The largest absolute Gasteiger partial charge is 0.490 e. The van der Waals surface area contributed by atoms with Gasteiger partial charge in [0.25, 0.3) is 11.6 Å². The number of hydrogen-bond acceptors (Lipinski definition) is 6. The summed E-state index contributed by atoms with van der Waals surface area (Å²) in [4.78, 5) is 22.5. The maximum absolute atomic E-state index is 12.2. The zero-order valence-electron chi connectivity index (χ0n) is 17.2. The van der Waals surface area contributed by atoms with Crippen LogP contribution in [-0.4, -0.2) is 23.7 Å². The van der Waals surface area contributed by atoms with Gasteiger partial charge in [0.15, 0.2) is 11.5 Å². The zero-order chi connectivity index (χ0) is 22.9. The highest BCUT2D eigenvalue weighted by atomic mass is 127. The summed E-state index contributed by atoms with van der Waals surface area (Å²) in [5, 5.41) is 14.8. The van der Waals surface area contributed by atoms with Crippen LogP contribution in [0.4, 0.5) is 5.69 Å². The number of nitrogens with one attached hydrogen (secondary N) is 1. The first-order valence-electron chi connectivity index (χ1n) is 9.68. The molecule has 3 aromatic rings. The van der Waals surface area contributed by atoms with Crippen molar-refractivity contribution in [2.24, 2.45) is 5.10 Å². The molecular weight excluding hydrogens is 525 g/mol. The number of carbonyl (C=O) groups is 1. The molecule has 32 heavy (non-hydrogen) atoms. The standard InChI is InChI=1S/C23H20IN3O5/c1-2-31-22-12-17(14-25-26-23(28)18-4-3-5-19(24)13-18)8-11-21(22)32-15-16-6-9-20(10-7-16)27(29)30/h3-14H,2,15H2,1H3,(H,26,28)/b25-14-. The molecule has 0 radical (unpaired) electrons. The number of hydrogen-bond donors (Lipinski definition) is 1. The number of hydrazone groups is 1. The van der Waals surface area contributed by atoms with Crippen LogP contribution in [0.3, 0.4) is 0 Å². The first-order valence-corrected chi connectivity index (χ1v) is 10.8. The average Bonchev–Trinajstić information content (AvgIpc) is 2.79. The van der Waals surface area contributed by atoms with Crippen LogP contribution in [0.5, 0.6) is 11.5 Å². The third-order valence-corrected chi connectivity index (χ3v) is 4.95. The second kappa shape index (κ2) is 11.2. The molecule has 0 unspecified atom stereocenters. The van der Waals surface area contributed by atoms with Crippen LogP contribution in [0.25, 0.3) is 0 Å². The van der Waals surface area contributed by atoms with Crippen molar-refractivity contribution in [1.82, 2.24) is 5.43 Å². The second-order valence-corrected chi connectivity index (χ2v) is 7.81. The number of amides is 1. The van der Waals surface area contributed by atoms with Gasteiger partial charge < -0.3 is 9.47 Å². The maximum Gasteiger partial charge on any atom is 0.271 e. The lowest BCUT2D eigenvalue weighted by atomic mass is 10.2. The fourth-order valence-electron chi connectivity index (χ4n) is 2.73. The number of benzene rings is 3. The smallest absolute Gasteiger partial charge is 0.271 e. The van der Waals surface area contributed by atoms with E-state index in [2.05, 4.69) is 33.1 Å². The van der Waals surface area contributed by atoms with Gasteiger partial charge in [-0.2, -0.15) is 5.10 Å². The van der Waals surface area contributed by atoms with Gasteiger partial charge in [0.1, 0.15) is 6.61 Å². The molecule has 0 aliphatic carbocycles. The van der Waals surface area contributed by atoms with E-state index in [0.29, 0.717) is 23.7 Å². The summed E-state index contributed by atoms with van der Waals surface area (Å²) >= 11 is 2.14. The van der Waals surface area contributed by atoms with E-state index >= 15 is 0 Å². The van der Waals surface area contributed by atoms with Gasteiger partial charge in [-0.15, -0.1) is 0 Å². The minimum atomic E-state index is -0.443. The highest BCUT2D eigenvalue weighted by molar-refractivity contribution is 14.1. The fraction of sp³-hybridized carbons (Fsp3) is 0.130. The van der Waals surface area contributed by atoms with Crippen LogP contribution in [0.1, 0.15) is 28.4 Å². The van der Waals surface area contributed by atoms with Crippen molar-refractivity contribution in [3.8, 4) is 11.5 Å². The highest BCUT2D eigenvalue weighted by Crippen LogP contribution is 2.29. The number of ether oxygens (including phenoxy) is 2. The Balaban J connectivity index is 1.65. The molecule has 0 spiro atoms. The Morgan fingerprint density at radius 3 is 2.56 bits per heavy atom. The average molecular weight is 545 g/mol. The Morgan fingerprint density at radius 1 is 1.09 bits per heavy atom. The van der Waals surface area contributed by atoms with Crippen LogP contribution < -0.4 is 14.9 Å². The van der Waals surface area contributed by atoms with Crippen molar-refractivity contribution in [1.29, 1.82) is 0 Å². The summed E-state index contributed by atoms with van der Waals surface area (Å²) in [6, 6.07) is 18.7. The fourth-order valence-corrected chi connectivity index (χ4v) is 3.27. The SMILES string of the molecule is CCOc1cc(/C=N\NC(=O)c2cccc(I)c2)ccc1OCc1ccc([N+](=O)[O-])cc1. The predicted molar refractivity (Wildman–Crippen MR) is 129 cm³/mol. The van der Waals surface area contributed by atoms with Crippen molar-refractivity contribution in [2.45, 2.75) is 13.5 Å². The molecular formula is C23H20IN3O5. The van der Waals surface area contributed by atoms with Crippen LogP contribution in [0.2, 0.25) is 0 Å². The van der Waals surface area contributed by atoms with Crippen molar-refractivity contribution < 1.29 is 19.2 Å². The lowest BCUT2D eigenvalue weighted by Crippen LogP contribution is -2.17. The summed E-state index contributed by atoms with van der Waals surface area (Å²) in [6.07, 6.45) is 1.52. The third-order valence-electron chi connectivity index (χ3n) is 4.28. The van der Waals surface area contributed by atoms with Crippen LogP contribution in [0.15, 0.2) is 71.8 Å². The molecule has 0 atom stereocenters. The van der Waals surface area contributed by atoms with Gasteiger partial charge in [-0.3, -0.25) is 14.9 Å². The molecule has 8 nitrogen and oxygen atoms in total. The topological polar surface area (TPSA) is 103 Å². The van der Waals surface area contributed by atoms with Crippen LogP contribution in [0, 0.1) is 13.7 Å². The molecule has 0 aliphatic rings. The number of rotatable bonds is 9. The van der Waals surface area contributed by atoms with Gasteiger partial charge in [-0.05, 0) is 89.2 Å². The number of halogens is 1. The molecule has 0 bridgehead atoms. The lowest BCUT2D eigenvalue weighted by Gasteiger charge is -2.12. The molecule has 0 saturated carbocycles. The predicted octanol–water partition coefficient (Wildman–Crippen LogP) is 4.94. The highest BCUT2D eigenvalue weighted by Gasteiger charge is 2.09. The summed E-state index contributed by atoms with van der Waals surface area (Å²) in [6.45, 7) is 2.54. The monoisotopic (exact) mass is 545 g/mol. The molecule has 0 aliphatic heterocycles. The number of nitro groups is 1. The first kappa shape index (κ1) is 23.2. The molecule has 9 heteroatoms. The van der Waals surface area contributed by atoms with E-state index < -0.39 is 4.92 Å². The molecule has 0 aromatic heterocycles. The van der Waals surface area contributed by atoms with E-state index in [1.54, 1.807) is 42.5 Å². The lowest BCUT2D eigenvalue weighted by molar-refractivity contribution is -0.384. The number of nitrogens with zero attached hydrogens (tertiary/aromatic N) is 2. The number of nitro benzene ring substituents is 1. The minimum absolute atomic E-state index is 0.0292. The van der Waals surface area contributed by atoms with Gasteiger partial charge in [0, 0.05) is 21.3 Å². The van der Waals surface area contributed by atoms with Gasteiger partial charge in [0.2, 0.25) is 0 Å². The normalized spacial score (nSPS) is 10.7. The molecule has 3 rings (SSSR count). The summed E-state index contributed by atoms with van der Waals surface area (Å²) < 4.78 is 12.5. The quantitative estimate of drug-likeness (QED) is 0.178. The Kier molecular flexibility index (Phi) is 8.14. The van der Waals surface area contributed by atoms with Crippen molar-refractivity contribution in [3.05, 3.63) is 97.1 Å². The van der Waals surface area contributed by atoms with E-state index in [9.17, 15) is 14.9 Å². The summed E-state index contributed by atoms with van der Waals surface area (Å²) in [7, 11) is 0. The summed E-state index contributed by atoms with van der Waals surface area (Å²) in [5.41, 5.74) is 4.58. The minimum Gasteiger partial charge on any atom is -0.490 e. The van der Waals surface area contributed by atoms with Crippen LogP contribution in [-0.2, 0) is 6.61 Å². The van der Waals surface area contributed by atoms with E-state index in [4.69, 9.17) is 9.47 Å². The zero-order valence-corrected chi connectivity index (χ0v) is 19.3. The maximum atomic E-state index is 12.2. The molecule has 164 valence electrons. The Labute approximate surface area is 198 Å².